The number of pyridine rings is 1. The number of piperidine rings is 1. The van der Waals surface area contributed by atoms with Crippen molar-refractivity contribution in [2.45, 2.75) is 25.4 Å². The van der Waals surface area contributed by atoms with E-state index >= 15 is 0 Å². The Morgan fingerprint density at radius 2 is 1.97 bits per heavy atom. The number of hydrogen-bond acceptors (Lipinski definition) is 6. The molecule has 0 saturated carbocycles. The second-order valence-corrected chi connectivity index (χ2v) is 8.89. The summed E-state index contributed by atoms with van der Waals surface area (Å²) in [6, 6.07) is 10.6. The number of rotatable bonds is 5. The molecule has 11 heteroatoms. The minimum absolute atomic E-state index is 0.00296. The Kier molecular flexibility index (Phi) is 6.21. The van der Waals surface area contributed by atoms with Crippen LogP contribution in [0.15, 0.2) is 53.6 Å². The number of likely N-dealkylation sites (tertiary alicyclic amines) is 1. The van der Waals surface area contributed by atoms with Crippen LogP contribution in [0.4, 0.5) is 5.95 Å². The number of anilines is 1. The summed E-state index contributed by atoms with van der Waals surface area (Å²) in [6.45, 7) is 1.55. The molecule has 4 aromatic rings. The Morgan fingerprint density at radius 1 is 1.15 bits per heavy atom. The summed E-state index contributed by atoms with van der Waals surface area (Å²) in [5, 5.41) is 8.50. The van der Waals surface area contributed by atoms with Gasteiger partial charge < -0.3 is 10.2 Å². The van der Waals surface area contributed by atoms with Crippen molar-refractivity contribution in [2.75, 3.05) is 18.4 Å². The van der Waals surface area contributed by atoms with Crippen molar-refractivity contribution in [3.8, 4) is 0 Å². The number of aromatic amines is 1. The molecule has 0 spiro atoms. The highest BCUT2D eigenvalue weighted by Crippen LogP contribution is 2.26. The number of carbonyl (C=O) groups excluding carboxylic acids is 1. The minimum atomic E-state index is -0.272. The quantitative estimate of drug-likeness (QED) is 0.432. The fourth-order valence-corrected chi connectivity index (χ4v) is 4.45. The fourth-order valence-electron chi connectivity index (χ4n) is 4.13. The van der Waals surface area contributed by atoms with Crippen molar-refractivity contribution >= 4 is 46.1 Å². The van der Waals surface area contributed by atoms with Gasteiger partial charge in [-0.1, -0.05) is 35.3 Å². The molecule has 0 unspecified atom stereocenters. The average molecular weight is 498 g/mol. The number of nitrogens with zero attached hydrogens (tertiary/aromatic N) is 5. The van der Waals surface area contributed by atoms with E-state index in [-0.39, 0.29) is 17.5 Å². The average Bonchev–Trinajstić information content (AvgIpc) is 3.30. The van der Waals surface area contributed by atoms with Gasteiger partial charge in [-0.3, -0.25) is 24.2 Å². The van der Waals surface area contributed by atoms with Gasteiger partial charge in [0.15, 0.2) is 5.52 Å². The predicted molar refractivity (Wildman–Crippen MR) is 130 cm³/mol. The van der Waals surface area contributed by atoms with Gasteiger partial charge in [0.2, 0.25) is 5.95 Å². The number of hydrogen-bond donors (Lipinski definition) is 2. The highest BCUT2D eigenvalue weighted by Gasteiger charge is 2.27. The zero-order valence-corrected chi connectivity index (χ0v) is 19.6. The van der Waals surface area contributed by atoms with E-state index in [1.807, 2.05) is 6.07 Å². The van der Waals surface area contributed by atoms with E-state index < -0.39 is 0 Å². The van der Waals surface area contributed by atoms with Gasteiger partial charge in [-0.2, -0.15) is 5.10 Å². The summed E-state index contributed by atoms with van der Waals surface area (Å²) < 4.78 is 1.73. The monoisotopic (exact) mass is 497 g/mol. The summed E-state index contributed by atoms with van der Waals surface area (Å²) in [5.41, 5.74) is 2.00. The first kappa shape index (κ1) is 22.4. The highest BCUT2D eigenvalue weighted by molar-refractivity contribution is 6.42. The molecule has 0 bridgehead atoms. The number of H-pyrrole nitrogens is 1. The van der Waals surface area contributed by atoms with Crippen LogP contribution in [0, 0.1) is 0 Å². The summed E-state index contributed by atoms with van der Waals surface area (Å²) in [5.74, 6) is 0.264. The number of halogens is 2. The molecule has 3 aromatic heterocycles. The maximum atomic E-state index is 12.9. The molecule has 1 fully saturated rings. The van der Waals surface area contributed by atoms with Gasteiger partial charge >= 0.3 is 0 Å². The topological polar surface area (TPSA) is 109 Å². The second-order valence-electron chi connectivity index (χ2n) is 8.08. The van der Waals surface area contributed by atoms with Crippen molar-refractivity contribution in [2.24, 2.45) is 0 Å². The molecule has 1 aliphatic rings. The van der Waals surface area contributed by atoms with Crippen molar-refractivity contribution in [3.63, 3.8) is 0 Å². The molecule has 9 nitrogen and oxygen atoms in total. The number of nitrogens with one attached hydrogen (secondary N) is 2. The molecular weight excluding hydrogens is 477 g/mol. The maximum absolute atomic E-state index is 12.9. The van der Waals surface area contributed by atoms with Crippen LogP contribution in [0.2, 0.25) is 10.0 Å². The first-order valence-corrected chi connectivity index (χ1v) is 11.6. The Morgan fingerprint density at radius 3 is 2.71 bits per heavy atom. The fraction of sp³-hybridized carbons (Fsp3) is 0.261. The lowest BCUT2D eigenvalue weighted by Gasteiger charge is -2.32. The molecule has 0 aliphatic carbocycles. The number of fused-ring (bicyclic) bond motifs is 1. The van der Waals surface area contributed by atoms with Gasteiger partial charge in [0.1, 0.15) is 11.2 Å². The molecule has 2 N–H and O–H groups in total. The predicted octanol–water partition coefficient (Wildman–Crippen LogP) is 3.91. The Balaban J connectivity index is 1.28. The van der Waals surface area contributed by atoms with E-state index in [2.05, 4.69) is 25.4 Å². The van der Waals surface area contributed by atoms with Crippen LogP contribution >= 0.6 is 23.2 Å². The van der Waals surface area contributed by atoms with Gasteiger partial charge in [0.25, 0.3) is 11.5 Å². The molecular formula is C23H21Cl2N7O2. The number of aromatic nitrogens is 5. The molecule has 1 aliphatic heterocycles. The molecule has 34 heavy (non-hydrogen) atoms. The third-order valence-corrected chi connectivity index (χ3v) is 6.62. The highest BCUT2D eigenvalue weighted by atomic mass is 35.5. The van der Waals surface area contributed by atoms with Crippen LogP contribution in [-0.2, 0) is 6.54 Å². The van der Waals surface area contributed by atoms with E-state index in [1.54, 1.807) is 52.3 Å². The second kappa shape index (κ2) is 9.44. The number of carbonyl (C=O) groups is 1. The number of amides is 1. The van der Waals surface area contributed by atoms with Crippen LogP contribution in [0.5, 0.6) is 0 Å². The van der Waals surface area contributed by atoms with E-state index in [0.29, 0.717) is 65.2 Å². The first-order chi connectivity index (χ1) is 16.5. The number of benzene rings is 1. The van der Waals surface area contributed by atoms with Crippen molar-refractivity contribution in [1.29, 1.82) is 0 Å². The SMILES string of the molecule is O=C(c1ccccn1)N1CCC(n2ncc3nc(NCc4ccc(Cl)c(Cl)c4)[nH]c(=O)c32)CC1. The van der Waals surface area contributed by atoms with Crippen molar-refractivity contribution in [1.82, 2.24) is 29.6 Å². The van der Waals surface area contributed by atoms with E-state index in [0.717, 1.165) is 5.56 Å². The zero-order valence-electron chi connectivity index (χ0n) is 18.0. The molecule has 4 heterocycles. The minimum Gasteiger partial charge on any atom is -0.352 e. The molecule has 0 atom stereocenters. The molecule has 1 amide bonds. The summed E-state index contributed by atoms with van der Waals surface area (Å²) >= 11 is 12.0. The Bertz CT molecular complexity index is 1400. The van der Waals surface area contributed by atoms with Gasteiger partial charge in [-0.25, -0.2) is 4.98 Å². The van der Waals surface area contributed by atoms with Crippen molar-refractivity contribution in [3.05, 3.63) is 80.4 Å². The Labute approximate surface area is 204 Å². The van der Waals surface area contributed by atoms with Crippen LogP contribution in [0.25, 0.3) is 11.0 Å². The van der Waals surface area contributed by atoms with Gasteiger partial charge in [-0.05, 0) is 42.7 Å². The van der Waals surface area contributed by atoms with Gasteiger partial charge in [-0.15, -0.1) is 0 Å². The van der Waals surface area contributed by atoms with Crippen LogP contribution < -0.4 is 10.9 Å². The van der Waals surface area contributed by atoms with Gasteiger partial charge in [0.05, 0.1) is 22.3 Å². The largest absolute Gasteiger partial charge is 0.352 e. The standard InChI is InChI=1S/C23H21Cl2N7O2/c24-16-5-4-14(11-17(16)25)12-27-23-29-19-13-28-32(20(19)21(33)30-23)15-6-9-31(10-7-15)22(34)18-3-1-2-8-26-18/h1-5,8,11,13,15H,6-7,9-10,12H2,(H2,27,29,30,33). The van der Waals surface area contributed by atoms with Crippen LogP contribution in [-0.4, -0.2) is 48.6 Å². The lowest BCUT2D eigenvalue weighted by molar-refractivity contribution is 0.0685. The summed E-state index contributed by atoms with van der Waals surface area (Å²) in [4.78, 5) is 38.8. The summed E-state index contributed by atoms with van der Waals surface area (Å²) in [6.07, 6.45) is 4.58. The molecule has 1 saturated heterocycles. The lowest BCUT2D eigenvalue weighted by atomic mass is 10.0. The van der Waals surface area contributed by atoms with Crippen LogP contribution in [0.3, 0.4) is 0 Å². The zero-order chi connectivity index (χ0) is 23.7. The summed E-state index contributed by atoms with van der Waals surface area (Å²) in [7, 11) is 0. The first-order valence-electron chi connectivity index (χ1n) is 10.9. The normalized spacial score (nSPS) is 14.5. The van der Waals surface area contributed by atoms with E-state index in [4.69, 9.17) is 23.2 Å². The third-order valence-electron chi connectivity index (χ3n) is 5.88. The van der Waals surface area contributed by atoms with E-state index in [1.165, 1.54) is 0 Å². The molecule has 5 rings (SSSR count). The van der Waals surface area contributed by atoms with E-state index in [9.17, 15) is 9.59 Å². The van der Waals surface area contributed by atoms with Crippen molar-refractivity contribution < 1.29 is 4.79 Å². The molecule has 174 valence electrons. The maximum Gasteiger partial charge on any atom is 0.278 e. The lowest BCUT2D eigenvalue weighted by Crippen LogP contribution is -2.39. The third kappa shape index (κ3) is 4.49. The molecule has 0 radical (unpaired) electrons. The smallest absolute Gasteiger partial charge is 0.278 e. The molecule has 1 aromatic carbocycles. The van der Waals surface area contributed by atoms with Crippen LogP contribution in [0.1, 0.15) is 34.9 Å². The Hall–Kier alpha value is -3.43. The van der Waals surface area contributed by atoms with Gasteiger partial charge in [0, 0.05) is 25.8 Å².